The molecular weight excluding hydrogens is 332 g/mol. The van der Waals surface area contributed by atoms with Gasteiger partial charge in [-0.3, -0.25) is 0 Å². The molecule has 0 atom stereocenters. The lowest BCUT2D eigenvalue weighted by atomic mass is 10.2. The van der Waals surface area contributed by atoms with Crippen molar-refractivity contribution < 1.29 is 14.6 Å². The zero-order valence-electron chi connectivity index (χ0n) is 10.2. The molecule has 1 heterocycles. The van der Waals surface area contributed by atoms with Crippen molar-refractivity contribution in [1.29, 1.82) is 0 Å². The van der Waals surface area contributed by atoms with Crippen LogP contribution in [0.2, 0.25) is 0 Å². The van der Waals surface area contributed by atoms with Gasteiger partial charge in [-0.05, 0) is 36.7 Å². The Bertz CT molecular complexity index is 627. The van der Waals surface area contributed by atoms with Crippen LogP contribution in [0.3, 0.4) is 0 Å². The number of aryl methyl sites for hydroxylation is 1. The van der Waals surface area contributed by atoms with Gasteiger partial charge in [0, 0.05) is 4.47 Å². The number of hydrogen-bond donors (Lipinski definition) is 2. The van der Waals surface area contributed by atoms with E-state index in [0.29, 0.717) is 22.1 Å². The lowest BCUT2D eigenvalue weighted by molar-refractivity contribution is 0.0697. The maximum Gasteiger partial charge on any atom is 0.340 e. The van der Waals surface area contributed by atoms with Gasteiger partial charge in [0.25, 0.3) is 0 Å². The molecule has 0 saturated carbocycles. The Balaban J connectivity index is 2.41. The summed E-state index contributed by atoms with van der Waals surface area (Å²) >= 11 is 4.48. The number of carboxylic acid groups (broad SMARTS) is 1. The molecule has 0 aliphatic rings. The maximum absolute atomic E-state index is 11.2. The van der Waals surface area contributed by atoms with Crippen LogP contribution in [0.15, 0.2) is 22.7 Å². The fourth-order valence-corrected chi connectivity index (χ4v) is 2.77. The van der Waals surface area contributed by atoms with E-state index in [4.69, 9.17) is 4.74 Å². The summed E-state index contributed by atoms with van der Waals surface area (Å²) in [5.41, 5.74) is 1.36. The highest BCUT2D eigenvalue weighted by molar-refractivity contribution is 9.10. The first-order valence-corrected chi connectivity index (χ1v) is 6.89. The minimum atomic E-state index is -0.997. The third-order valence-electron chi connectivity index (χ3n) is 2.49. The van der Waals surface area contributed by atoms with Crippen molar-refractivity contribution in [1.82, 2.24) is 4.37 Å². The Hall–Kier alpha value is -1.60. The van der Waals surface area contributed by atoms with Crippen molar-refractivity contribution in [2.24, 2.45) is 0 Å². The highest BCUT2D eigenvalue weighted by atomic mass is 79.9. The van der Waals surface area contributed by atoms with E-state index in [1.165, 1.54) is 0 Å². The molecule has 0 amide bonds. The first kappa shape index (κ1) is 13.8. The molecule has 100 valence electrons. The van der Waals surface area contributed by atoms with Crippen LogP contribution in [0.5, 0.6) is 5.75 Å². The topological polar surface area (TPSA) is 71.5 Å². The smallest absolute Gasteiger partial charge is 0.340 e. The average Bonchev–Trinajstić information content (AvgIpc) is 2.71. The van der Waals surface area contributed by atoms with Gasteiger partial charge in [-0.25, -0.2) is 4.79 Å². The normalized spacial score (nSPS) is 10.3. The second-order valence-corrected chi connectivity index (χ2v) is 5.44. The fraction of sp³-hybridized carbons (Fsp3) is 0.167. The Labute approximate surface area is 122 Å². The van der Waals surface area contributed by atoms with Crippen molar-refractivity contribution in [3.05, 3.63) is 33.9 Å². The number of aromatic nitrogens is 1. The molecule has 0 fully saturated rings. The van der Waals surface area contributed by atoms with Crippen LogP contribution in [-0.2, 0) is 0 Å². The summed E-state index contributed by atoms with van der Waals surface area (Å²) in [5, 5.41) is 12.7. The number of methoxy groups -OCH3 is 1. The van der Waals surface area contributed by atoms with Gasteiger partial charge in [-0.15, -0.1) is 0 Å². The van der Waals surface area contributed by atoms with E-state index in [1.54, 1.807) is 20.1 Å². The molecule has 0 unspecified atom stereocenters. The average molecular weight is 343 g/mol. The second-order valence-electron chi connectivity index (χ2n) is 3.75. The molecule has 7 heteroatoms. The van der Waals surface area contributed by atoms with Gasteiger partial charge >= 0.3 is 5.97 Å². The summed E-state index contributed by atoms with van der Waals surface area (Å²) in [4.78, 5) is 11.2. The van der Waals surface area contributed by atoms with Gasteiger partial charge in [0.2, 0.25) is 0 Å². The van der Waals surface area contributed by atoms with Crippen LogP contribution in [0.1, 0.15) is 16.1 Å². The van der Waals surface area contributed by atoms with E-state index in [1.807, 2.05) is 12.1 Å². The minimum Gasteiger partial charge on any atom is -0.495 e. The molecule has 0 spiro atoms. The number of carbonyl (C=O) groups is 1. The zero-order valence-corrected chi connectivity index (χ0v) is 12.6. The SMILES string of the molecule is COc1ccc(Br)cc1Nc1snc(C)c1C(=O)O. The van der Waals surface area contributed by atoms with Gasteiger partial charge < -0.3 is 15.2 Å². The number of nitrogens with zero attached hydrogens (tertiary/aromatic N) is 1. The van der Waals surface area contributed by atoms with Gasteiger partial charge in [0.1, 0.15) is 16.3 Å². The van der Waals surface area contributed by atoms with E-state index in [0.717, 1.165) is 16.0 Å². The quantitative estimate of drug-likeness (QED) is 0.886. The van der Waals surface area contributed by atoms with E-state index in [-0.39, 0.29) is 5.56 Å². The molecule has 0 bridgehead atoms. The molecule has 5 nitrogen and oxygen atoms in total. The number of rotatable bonds is 4. The van der Waals surface area contributed by atoms with E-state index >= 15 is 0 Å². The number of carboxylic acids is 1. The fourth-order valence-electron chi connectivity index (χ4n) is 1.61. The van der Waals surface area contributed by atoms with Crippen molar-refractivity contribution >= 4 is 44.1 Å². The van der Waals surface area contributed by atoms with Gasteiger partial charge in [0.15, 0.2) is 0 Å². The highest BCUT2D eigenvalue weighted by Gasteiger charge is 2.18. The van der Waals surface area contributed by atoms with Crippen LogP contribution >= 0.6 is 27.5 Å². The van der Waals surface area contributed by atoms with Crippen molar-refractivity contribution in [2.75, 3.05) is 12.4 Å². The number of aromatic carboxylic acids is 1. The Kier molecular flexibility index (Phi) is 4.06. The number of ether oxygens (including phenoxy) is 1. The molecule has 0 aliphatic heterocycles. The number of halogens is 1. The van der Waals surface area contributed by atoms with Crippen LogP contribution in [0, 0.1) is 6.92 Å². The largest absolute Gasteiger partial charge is 0.495 e. The summed E-state index contributed by atoms with van der Waals surface area (Å²) in [6.45, 7) is 1.67. The monoisotopic (exact) mass is 342 g/mol. The van der Waals surface area contributed by atoms with Crippen LogP contribution < -0.4 is 10.1 Å². The molecule has 19 heavy (non-hydrogen) atoms. The number of anilines is 2. The minimum absolute atomic E-state index is 0.187. The van der Waals surface area contributed by atoms with Gasteiger partial charge in [0.05, 0.1) is 18.5 Å². The number of nitrogens with one attached hydrogen (secondary N) is 1. The Morgan fingerprint density at radius 3 is 2.89 bits per heavy atom. The molecular formula is C12H11BrN2O3S. The summed E-state index contributed by atoms with van der Waals surface area (Å²) in [6.07, 6.45) is 0. The maximum atomic E-state index is 11.2. The predicted molar refractivity (Wildman–Crippen MR) is 77.8 cm³/mol. The van der Waals surface area contributed by atoms with Crippen LogP contribution in [0.25, 0.3) is 0 Å². The summed E-state index contributed by atoms with van der Waals surface area (Å²) in [5.74, 6) is -0.367. The van der Waals surface area contributed by atoms with Gasteiger partial charge in [-0.1, -0.05) is 15.9 Å². The van der Waals surface area contributed by atoms with Crippen molar-refractivity contribution in [3.8, 4) is 5.75 Å². The standard InChI is InChI=1S/C12H11BrN2O3S/c1-6-10(12(16)17)11(19-15-6)14-8-5-7(13)3-4-9(8)18-2/h3-5,14H,1-2H3,(H,16,17). The molecule has 1 aromatic carbocycles. The zero-order chi connectivity index (χ0) is 14.0. The van der Waals surface area contributed by atoms with Gasteiger partial charge in [-0.2, -0.15) is 4.37 Å². The molecule has 0 radical (unpaired) electrons. The lowest BCUT2D eigenvalue weighted by Crippen LogP contribution is -2.02. The van der Waals surface area contributed by atoms with E-state index in [9.17, 15) is 9.90 Å². The van der Waals surface area contributed by atoms with Crippen LogP contribution in [-0.4, -0.2) is 22.6 Å². The molecule has 0 saturated heterocycles. The van der Waals surface area contributed by atoms with Crippen molar-refractivity contribution in [3.63, 3.8) is 0 Å². The van der Waals surface area contributed by atoms with E-state index < -0.39 is 5.97 Å². The molecule has 2 N–H and O–H groups in total. The Morgan fingerprint density at radius 1 is 1.53 bits per heavy atom. The number of benzene rings is 1. The first-order valence-electron chi connectivity index (χ1n) is 5.33. The lowest BCUT2D eigenvalue weighted by Gasteiger charge is -2.10. The summed E-state index contributed by atoms with van der Waals surface area (Å²) in [7, 11) is 1.56. The molecule has 0 aliphatic carbocycles. The first-order chi connectivity index (χ1) is 9.02. The molecule has 2 aromatic rings. The third-order valence-corrected chi connectivity index (χ3v) is 3.83. The third kappa shape index (κ3) is 2.87. The predicted octanol–water partition coefficient (Wildman–Crippen LogP) is 3.66. The summed E-state index contributed by atoms with van der Waals surface area (Å²) in [6, 6.07) is 5.46. The highest BCUT2D eigenvalue weighted by Crippen LogP contribution is 2.34. The molecule has 1 aromatic heterocycles. The second kappa shape index (κ2) is 5.58. The summed E-state index contributed by atoms with van der Waals surface area (Å²) < 4.78 is 10.2. The van der Waals surface area contributed by atoms with E-state index in [2.05, 4.69) is 25.6 Å². The number of hydrogen-bond acceptors (Lipinski definition) is 5. The van der Waals surface area contributed by atoms with Crippen molar-refractivity contribution in [2.45, 2.75) is 6.92 Å². The Morgan fingerprint density at radius 2 is 2.26 bits per heavy atom. The molecule has 2 rings (SSSR count). The van der Waals surface area contributed by atoms with Crippen LogP contribution in [0.4, 0.5) is 10.7 Å².